The van der Waals surface area contributed by atoms with E-state index in [-0.39, 0.29) is 5.54 Å². The molecule has 0 spiro atoms. The first-order valence-corrected chi connectivity index (χ1v) is 8.70. The Hall–Kier alpha value is -0.380. The van der Waals surface area contributed by atoms with E-state index in [0.717, 1.165) is 47.4 Å². The maximum atomic E-state index is 6.30. The van der Waals surface area contributed by atoms with Crippen molar-refractivity contribution in [2.24, 2.45) is 0 Å². The lowest BCUT2D eigenvalue weighted by Gasteiger charge is -2.22. The van der Waals surface area contributed by atoms with E-state index in [1.807, 2.05) is 30.0 Å². The Balaban J connectivity index is 2.58. The highest BCUT2D eigenvalue weighted by Gasteiger charge is 2.13. The van der Waals surface area contributed by atoms with E-state index in [0.29, 0.717) is 0 Å². The maximum Gasteiger partial charge on any atom is 0.125 e. The van der Waals surface area contributed by atoms with Gasteiger partial charge in [-0.15, -0.1) is 0 Å². The Morgan fingerprint density at radius 1 is 1.30 bits per heavy atom. The van der Waals surface area contributed by atoms with Crippen molar-refractivity contribution < 1.29 is 4.74 Å². The summed E-state index contributed by atoms with van der Waals surface area (Å²) in [5, 5.41) is 4.23. The first-order valence-electron chi connectivity index (χ1n) is 7.17. The number of thioether (sulfide) groups is 1. The minimum absolute atomic E-state index is 0.0637. The molecule has 0 unspecified atom stereocenters. The fourth-order valence-corrected chi connectivity index (χ4v) is 2.53. The Labute approximate surface area is 132 Å². The third-order valence-electron chi connectivity index (χ3n) is 2.77. The average molecular weight is 316 g/mol. The SMILES string of the molecule is CCSCCCOc1cccc(Cl)c1CNC(C)(C)C. The lowest BCUT2D eigenvalue weighted by Crippen LogP contribution is -2.35. The van der Waals surface area contributed by atoms with E-state index in [1.165, 1.54) is 0 Å². The van der Waals surface area contributed by atoms with Gasteiger partial charge in [-0.3, -0.25) is 0 Å². The van der Waals surface area contributed by atoms with Crippen LogP contribution >= 0.6 is 23.4 Å². The molecule has 1 N–H and O–H groups in total. The van der Waals surface area contributed by atoms with Gasteiger partial charge in [-0.05, 0) is 50.8 Å². The lowest BCUT2D eigenvalue weighted by molar-refractivity contribution is 0.312. The largest absolute Gasteiger partial charge is 0.493 e. The van der Waals surface area contributed by atoms with Crippen molar-refractivity contribution in [3.05, 3.63) is 28.8 Å². The molecule has 20 heavy (non-hydrogen) atoms. The molecule has 0 fully saturated rings. The van der Waals surface area contributed by atoms with Crippen LogP contribution in [0.4, 0.5) is 0 Å². The van der Waals surface area contributed by atoms with Crippen LogP contribution in [0.3, 0.4) is 0 Å². The van der Waals surface area contributed by atoms with E-state index in [4.69, 9.17) is 16.3 Å². The topological polar surface area (TPSA) is 21.3 Å². The molecule has 0 aliphatic heterocycles. The first-order chi connectivity index (χ1) is 9.44. The van der Waals surface area contributed by atoms with Crippen LogP contribution in [0, 0.1) is 0 Å². The van der Waals surface area contributed by atoms with Gasteiger partial charge in [0.15, 0.2) is 0 Å². The molecule has 0 aliphatic carbocycles. The second-order valence-electron chi connectivity index (χ2n) is 5.72. The van der Waals surface area contributed by atoms with Crippen LogP contribution in [0.5, 0.6) is 5.75 Å². The zero-order valence-electron chi connectivity index (χ0n) is 13.0. The molecule has 0 saturated heterocycles. The van der Waals surface area contributed by atoms with E-state index in [2.05, 4.69) is 33.0 Å². The molecule has 0 saturated carbocycles. The summed E-state index contributed by atoms with van der Waals surface area (Å²) in [6.45, 7) is 10.1. The molecule has 1 rings (SSSR count). The van der Waals surface area contributed by atoms with E-state index in [9.17, 15) is 0 Å². The lowest BCUT2D eigenvalue weighted by atomic mass is 10.1. The Bertz CT molecular complexity index is 404. The summed E-state index contributed by atoms with van der Waals surface area (Å²) in [7, 11) is 0. The van der Waals surface area contributed by atoms with Crippen LogP contribution in [-0.4, -0.2) is 23.7 Å². The summed E-state index contributed by atoms with van der Waals surface area (Å²) in [4.78, 5) is 0. The standard InChI is InChI=1S/C16H26ClNOS/c1-5-20-11-7-10-19-15-9-6-8-14(17)13(15)12-18-16(2,3)4/h6,8-9,18H,5,7,10-12H2,1-4H3. The maximum absolute atomic E-state index is 6.30. The average Bonchev–Trinajstić information content (AvgIpc) is 2.36. The molecule has 0 radical (unpaired) electrons. The summed E-state index contributed by atoms with van der Waals surface area (Å²) in [5.41, 5.74) is 1.11. The highest BCUT2D eigenvalue weighted by Crippen LogP contribution is 2.27. The molecule has 0 bridgehead atoms. The van der Waals surface area contributed by atoms with Gasteiger partial charge in [0.25, 0.3) is 0 Å². The predicted molar refractivity (Wildman–Crippen MR) is 91.2 cm³/mol. The van der Waals surface area contributed by atoms with Crippen molar-refractivity contribution in [2.75, 3.05) is 18.1 Å². The Kier molecular flexibility index (Phi) is 7.78. The van der Waals surface area contributed by atoms with Crippen molar-refractivity contribution in [2.45, 2.75) is 46.2 Å². The number of benzene rings is 1. The zero-order chi connectivity index (χ0) is 15.0. The van der Waals surface area contributed by atoms with Crippen molar-refractivity contribution >= 4 is 23.4 Å². The number of halogens is 1. The summed E-state index contributed by atoms with van der Waals surface area (Å²) in [6, 6.07) is 5.86. The first kappa shape index (κ1) is 17.7. The second kappa shape index (κ2) is 8.81. The molecule has 1 aromatic rings. The third kappa shape index (κ3) is 6.87. The van der Waals surface area contributed by atoms with E-state index in [1.54, 1.807) is 0 Å². The molecule has 0 aromatic heterocycles. The fraction of sp³-hybridized carbons (Fsp3) is 0.625. The van der Waals surface area contributed by atoms with Crippen LogP contribution in [0.25, 0.3) is 0 Å². The van der Waals surface area contributed by atoms with Gasteiger partial charge in [-0.2, -0.15) is 11.8 Å². The Morgan fingerprint density at radius 3 is 2.70 bits per heavy atom. The Morgan fingerprint density at radius 2 is 2.05 bits per heavy atom. The molecule has 1 aromatic carbocycles. The van der Waals surface area contributed by atoms with Crippen LogP contribution in [0.1, 0.15) is 39.7 Å². The van der Waals surface area contributed by atoms with Crippen molar-refractivity contribution in [1.82, 2.24) is 5.32 Å². The van der Waals surface area contributed by atoms with Crippen molar-refractivity contribution in [3.8, 4) is 5.75 Å². The monoisotopic (exact) mass is 315 g/mol. The van der Waals surface area contributed by atoms with Crippen LogP contribution in [0.15, 0.2) is 18.2 Å². The molecule has 0 aliphatic rings. The molecule has 4 heteroatoms. The highest BCUT2D eigenvalue weighted by atomic mass is 35.5. The number of ether oxygens (including phenoxy) is 1. The second-order valence-corrected chi connectivity index (χ2v) is 7.52. The molecule has 114 valence electrons. The molecule has 0 heterocycles. The van der Waals surface area contributed by atoms with Crippen LogP contribution in [0.2, 0.25) is 5.02 Å². The third-order valence-corrected chi connectivity index (χ3v) is 4.11. The molecule has 2 nitrogen and oxygen atoms in total. The van der Waals surface area contributed by atoms with Gasteiger partial charge in [-0.1, -0.05) is 24.6 Å². The zero-order valence-corrected chi connectivity index (χ0v) is 14.5. The van der Waals surface area contributed by atoms with Gasteiger partial charge in [0, 0.05) is 22.7 Å². The summed E-state index contributed by atoms with van der Waals surface area (Å²) < 4.78 is 5.89. The van der Waals surface area contributed by atoms with Gasteiger partial charge in [0.1, 0.15) is 5.75 Å². The summed E-state index contributed by atoms with van der Waals surface area (Å²) in [6.07, 6.45) is 1.07. The van der Waals surface area contributed by atoms with E-state index < -0.39 is 0 Å². The smallest absolute Gasteiger partial charge is 0.125 e. The molecular weight excluding hydrogens is 290 g/mol. The molecular formula is C16H26ClNOS. The molecule has 0 atom stereocenters. The quantitative estimate of drug-likeness (QED) is 0.699. The number of hydrogen-bond acceptors (Lipinski definition) is 3. The normalized spacial score (nSPS) is 11.7. The fourth-order valence-electron chi connectivity index (χ4n) is 1.69. The van der Waals surface area contributed by atoms with E-state index >= 15 is 0 Å². The number of rotatable bonds is 8. The van der Waals surface area contributed by atoms with Crippen LogP contribution < -0.4 is 10.1 Å². The van der Waals surface area contributed by atoms with Gasteiger partial charge < -0.3 is 10.1 Å². The van der Waals surface area contributed by atoms with Crippen LogP contribution in [-0.2, 0) is 6.54 Å². The molecule has 0 amide bonds. The van der Waals surface area contributed by atoms with Gasteiger partial charge in [0.05, 0.1) is 6.61 Å². The highest BCUT2D eigenvalue weighted by molar-refractivity contribution is 7.99. The van der Waals surface area contributed by atoms with Crippen molar-refractivity contribution in [1.29, 1.82) is 0 Å². The summed E-state index contributed by atoms with van der Waals surface area (Å²) >= 11 is 8.24. The summed E-state index contributed by atoms with van der Waals surface area (Å²) in [5.74, 6) is 3.21. The predicted octanol–water partition coefficient (Wildman–Crippen LogP) is 4.75. The van der Waals surface area contributed by atoms with Gasteiger partial charge >= 0.3 is 0 Å². The minimum atomic E-state index is 0.0637. The van der Waals surface area contributed by atoms with Crippen molar-refractivity contribution in [3.63, 3.8) is 0 Å². The van der Waals surface area contributed by atoms with Gasteiger partial charge in [-0.25, -0.2) is 0 Å². The van der Waals surface area contributed by atoms with Gasteiger partial charge in [0.2, 0.25) is 0 Å². The number of hydrogen-bond donors (Lipinski definition) is 1. The number of nitrogens with one attached hydrogen (secondary N) is 1. The minimum Gasteiger partial charge on any atom is -0.493 e.